The molecule has 108 valence electrons. The summed E-state index contributed by atoms with van der Waals surface area (Å²) in [5.74, 6) is 0. The molecule has 0 aliphatic carbocycles. The largest absolute Gasteiger partial charge is 0.416 e. The fourth-order valence-corrected chi connectivity index (χ4v) is 3.11. The van der Waals surface area contributed by atoms with Crippen molar-refractivity contribution in [3.05, 3.63) is 29.3 Å². The first-order valence-electron chi connectivity index (χ1n) is 5.49. The fraction of sp³-hybridized carbons (Fsp3) is 0.455. The average Bonchev–Trinajstić information content (AvgIpc) is 2.26. The van der Waals surface area contributed by atoms with E-state index in [1.165, 1.54) is 6.92 Å². The molecule has 19 heavy (non-hydrogen) atoms. The number of hydrogen-bond acceptors (Lipinski definition) is 3. The van der Waals surface area contributed by atoms with Gasteiger partial charge in [0.05, 0.1) is 10.5 Å². The van der Waals surface area contributed by atoms with E-state index < -0.39 is 27.8 Å². The highest BCUT2D eigenvalue weighted by molar-refractivity contribution is 7.89. The molecule has 0 saturated carbocycles. The Kier molecular flexibility index (Phi) is 4.59. The minimum absolute atomic E-state index is 0.0528. The quantitative estimate of drug-likeness (QED) is 0.887. The zero-order valence-corrected chi connectivity index (χ0v) is 11.3. The topological polar surface area (TPSA) is 72.2 Å². The van der Waals surface area contributed by atoms with E-state index in [0.29, 0.717) is 0 Å². The van der Waals surface area contributed by atoms with Crippen molar-refractivity contribution < 1.29 is 21.6 Å². The Morgan fingerprint density at radius 3 is 2.42 bits per heavy atom. The van der Waals surface area contributed by atoms with Gasteiger partial charge in [-0.05, 0) is 31.5 Å². The van der Waals surface area contributed by atoms with Gasteiger partial charge in [-0.25, -0.2) is 13.1 Å². The van der Waals surface area contributed by atoms with Crippen molar-refractivity contribution in [3.8, 4) is 0 Å². The van der Waals surface area contributed by atoms with Crippen LogP contribution in [0.1, 0.15) is 18.1 Å². The lowest BCUT2D eigenvalue weighted by Crippen LogP contribution is -2.38. The molecule has 3 N–H and O–H groups in total. The number of benzene rings is 1. The van der Waals surface area contributed by atoms with Crippen molar-refractivity contribution in [2.45, 2.75) is 31.0 Å². The Hall–Kier alpha value is -1.12. The molecule has 0 unspecified atom stereocenters. The molecule has 1 aromatic rings. The number of nitrogens with one attached hydrogen (secondary N) is 1. The first-order chi connectivity index (χ1) is 8.59. The van der Waals surface area contributed by atoms with E-state index in [-0.39, 0.29) is 17.0 Å². The van der Waals surface area contributed by atoms with Crippen molar-refractivity contribution >= 4 is 10.0 Å². The maximum atomic E-state index is 12.7. The minimum Gasteiger partial charge on any atom is -0.329 e. The highest BCUT2D eigenvalue weighted by atomic mass is 32.2. The van der Waals surface area contributed by atoms with Gasteiger partial charge in [0.25, 0.3) is 0 Å². The Morgan fingerprint density at radius 1 is 1.37 bits per heavy atom. The summed E-state index contributed by atoms with van der Waals surface area (Å²) in [6, 6.07) is 2.49. The predicted molar refractivity (Wildman–Crippen MR) is 65.0 cm³/mol. The Bertz CT molecular complexity index is 556. The summed E-state index contributed by atoms with van der Waals surface area (Å²) < 4.78 is 64.3. The van der Waals surface area contributed by atoms with Gasteiger partial charge in [-0.1, -0.05) is 6.07 Å². The van der Waals surface area contributed by atoms with Gasteiger partial charge < -0.3 is 5.73 Å². The second-order valence-corrected chi connectivity index (χ2v) is 5.87. The summed E-state index contributed by atoms with van der Waals surface area (Å²) in [6.07, 6.45) is -4.59. The maximum absolute atomic E-state index is 12.7. The van der Waals surface area contributed by atoms with Crippen LogP contribution in [0.15, 0.2) is 23.1 Å². The molecule has 0 heterocycles. The molecule has 0 aromatic heterocycles. The molecule has 0 aliphatic rings. The van der Waals surface area contributed by atoms with Gasteiger partial charge in [-0.3, -0.25) is 0 Å². The van der Waals surface area contributed by atoms with Crippen LogP contribution < -0.4 is 10.5 Å². The summed E-state index contributed by atoms with van der Waals surface area (Å²) in [7, 11) is -4.02. The van der Waals surface area contributed by atoms with Crippen molar-refractivity contribution in [1.29, 1.82) is 0 Å². The number of halogens is 3. The minimum atomic E-state index is -4.59. The number of hydrogen-bond donors (Lipinski definition) is 2. The van der Waals surface area contributed by atoms with Gasteiger partial charge in [-0.15, -0.1) is 0 Å². The van der Waals surface area contributed by atoms with Crippen molar-refractivity contribution in [3.63, 3.8) is 0 Å². The summed E-state index contributed by atoms with van der Waals surface area (Å²) in [5.41, 5.74) is 4.00. The molecule has 8 heteroatoms. The molecule has 0 radical (unpaired) electrons. The second kappa shape index (κ2) is 5.48. The second-order valence-electron chi connectivity index (χ2n) is 4.18. The van der Waals surface area contributed by atoms with Crippen LogP contribution in [-0.2, 0) is 16.2 Å². The van der Waals surface area contributed by atoms with Crippen LogP contribution in [0.2, 0.25) is 0 Å². The zero-order valence-electron chi connectivity index (χ0n) is 10.5. The van der Waals surface area contributed by atoms with Gasteiger partial charge >= 0.3 is 6.18 Å². The third-order valence-corrected chi connectivity index (χ3v) is 4.32. The maximum Gasteiger partial charge on any atom is 0.416 e. The Labute approximate surface area is 109 Å². The fourth-order valence-electron chi connectivity index (χ4n) is 1.59. The summed E-state index contributed by atoms with van der Waals surface area (Å²) in [6.45, 7) is 2.71. The standard InChI is InChI=1S/C11H15F3N2O2S/c1-7(6-15)16-19(17,18)10-5-3-4-9(8(10)2)11(12,13)14/h3-5,7,16H,6,15H2,1-2H3/t7-/m1/s1. The molecular weight excluding hydrogens is 281 g/mol. The number of alkyl halides is 3. The summed E-state index contributed by atoms with van der Waals surface area (Å²) in [5, 5.41) is 0. The van der Waals surface area contributed by atoms with E-state index in [0.717, 1.165) is 25.1 Å². The van der Waals surface area contributed by atoms with Crippen LogP contribution in [0.3, 0.4) is 0 Å². The zero-order chi connectivity index (χ0) is 14.8. The Balaban J connectivity index is 3.30. The van der Waals surface area contributed by atoms with E-state index in [9.17, 15) is 21.6 Å². The van der Waals surface area contributed by atoms with E-state index >= 15 is 0 Å². The van der Waals surface area contributed by atoms with Gasteiger partial charge in [0.2, 0.25) is 10.0 Å². The summed E-state index contributed by atoms with van der Waals surface area (Å²) >= 11 is 0. The van der Waals surface area contributed by atoms with E-state index in [2.05, 4.69) is 4.72 Å². The number of nitrogens with two attached hydrogens (primary N) is 1. The highest BCUT2D eigenvalue weighted by Crippen LogP contribution is 2.34. The van der Waals surface area contributed by atoms with Crippen LogP contribution in [0.25, 0.3) is 0 Å². The van der Waals surface area contributed by atoms with Crippen LogP contribution >= 0.6 is 0 Å². The lowest BCUT2D eigenvalue weighted by atomic mass is 10.1. The van der Waals surface area contributed by atoms with Crippen molar-refractivity contribution in [2.24, 2.45) is 5.73 Å². The van der Waals surface area contributed by atoms with Gasteiger partial charge in [-0.2, -0.15) is 13.2 Å². The predicted octanol–water partition coefficient (Wildman–Crippen LogP) is 1.64. The highest BCUT2D eigenvalue weighted by Gasteiger charge is 2.34. The average molecular weight is 296 g/mol. The molecule has 0 spiro atoms. The SMILES string of the molecule is Cc1c(C(F)(F)F)cccc1S(=O)(=O)N[C@H](C)CN. The molecule has 0 bridgehead atoms. The van der Waals surface area contributed by atoms with Crippen LogP contribution in [0.4, 0.5) is 13.2 Å². The van der Waals surface area contributed by atoms with E-state index in [1.54, 1.807) is 0 Å². The molecule has 1 atom stereocenters. The van der Waals surface area contributed by atoms with Crippen molar-refractivity contribution in [2.75, 3.05) is 6.54 Å². The van der Waals surface area contributed by atoms with Crippen LogP contribution in [-0.4, -0.2) is 21.0 Å². The molecule has 4 nitrogen and oxygen atoms in total. The third-order valence-electron chi connectivity index (χ3n) is 2.59. The Morgan fingerprint density at radius 2 is 1.95 bits per heavy atom. The molecule has 1 rings (SSSR count). The van der Waals surface area contributed by atoms with Gasteiger partial charge in [0, 0.05) is 12.6 Å². The normalized spacial score (nSPS) is 14.4. The third kappa shape index (κ3) is 3.68. The molecule has 0 amide bonds. The van der Waals surface area contributed by atoms with E-state index in [4.69, 9.17) is 5.73 Å². The first kappa shape index (κ1) is 15.9. The molecule has 0 saturated heterocycles. The lowest BCUT2D eigenvalue weighted by molar-refractivity contribution is -0.138. The molecular formula is C11H15F3N2O2S. The first-order valence-corrected chi connectivity index (χ1v) is 6.97. The summed E-state index contributed by atoms with van der Waals surface area (Å²) in [4.78, 5) is -0.386. The van der Waals surface area contributed by atoms with Crippen molar-refractivity contribution in [1.82, 2.24) is 4.72 Å². The van der Waals surface area contributed by atoms with Crippen LogP contribution in [0.5, 0.6) is 0 Å². The van der Waals surface area contributed by atoms with Gasteiger partial charge in [0.1, 0.15) is 0 Å². The van der Waals surface area contributed by atoms with Gasteiger partial charge in [0.15, 0.2) is 0 Å². The smallest absolute Gasteiger partial charge is 0.329 e. The molecule has 0 fully saturated rings. The van der Waals surface area contributed by atoms with Crippen LogP contribution in [0, 0.1) is 6.92 Å². The van der Waals surface area contributed by atoms with E-state index in [1.807, 2.05) is 0 Å². The number of rotatable bonds is 4. The monoisotopic (exact) mass is 296 g/mol. The number of sulfonamides is 1. The molecule has 0 aliphatic heterocycles. The lowest BCUT2D eigenvalue weighted by Gasteiger charge is -2.16. The molecule has 1 aromatic carbocycles.